The summed E-state index contributed by atoms with van der Waals surface area (Å²) in [6.07, 6.45) is 2.44. The van der Waals surface area contributed by atoms with Gasteiger partial charge in [0.1, 0.15) is 11.9 Å². The van der Waals surface area contributed by atoms with Crippen molar-refractivity contribution in [2.45, 2.75) is 69.4 Å². The molecule has 4 aliphatic rings. The molecule has 0 radical (unpaired) electrons. The molecule has 170 valence electrons. The molecule has 4 fully saturated rings. The summed E-state index contributed by atoms with van der Waals surface area (Å²) in [4.78, 5) is 32.1. The van der Waals surface area contributed by atoms with E-state index in [1.165, 1.54) is 12.1 Å². The van der Waals surface area contributed by atoms with Crippen molar-refractivity contribution in [3.05, 3.63) is 35.6 Å². The lowest BCUT2D eigenvalue weighted by molar-refractivity contribution is -0.142. The molecule has 3 saturated heterocycles. The Balaban J connectivity index is 1.27. The quantitative estimate of drug-likeness (QED) is 0.728. The van der Waals surface area contributed by atoms with Crippen molar-refractivity contribution in [1.29, 1.82) is 5.26 Å². The van der Waals surface area contributed by atoms with Gasteiger partial charge >= 0.3 is 0 Å². The highest BCUT2D eigenvalue weighted by Gasteiger charge is 2.56. The number of piperazine rings is 1. The fourth-order valence-corrected chi connectivity index (χ4v) is 6.19. The van der Waals surface area contributed by atoms with E-state index < -0.39 is 6.04 Å². The zero-order valence-electron chi connectivity index (χ0n) is 18.5. The highest BCUT2D eigenvalue weighted by molar-refractivity contribution is 5.87. The Morgan fingerprint density at radius 2 is 1.97 bits per heavy atom. The van der Waals surface area contributed by atoms with Gasteiger partial charge in [-0.25, -0.2) is 4.39 Å². The second-order valence-corrected chi connectivity index (χ2v) is 10.1. The summed E-state index contributed by atoms with van der Waals surface area (Å²) in [5.41, 5.74) is 7.24. The minimum Gasteiger partial charge on any atom is -0.330 e. The van der Waals surface area contributed by atoms with Crippen LogP contribution in [0.15, 0.2) is 24.3 Å². The minimum atomic E-state index is -0.733. The number of likely N-dealkylation sites (tertiary alicyclic amines) is 3. The lowest BCUT2D eigenvalue weighted by atomic mass is 9.93. The van der Waals surface area contributed by atoms with Gasteiger partial charge in [0.15, 0.2) is 0 Å². The van der Waals surface area contributed by atoms with E-state index in [4.69, 9.17) is 5.73 Å². The second kappa shape index (κ2) is 7.82. The highest BCUT2D eigenvalue weighted by atomic mass is 19.1. The zero-order chi connectivity index (χ0) is 22.7. The molecule has 32 heavy (non-hydrogen) atoms. The summed E-state index contributed by atoms with van der Waals surface area (Å²) in [5, 5.41) is 9.38. The third kappa shape index (κ3) is 3.39. The molecule has 0 spiro atoms. The average molecular weight is 440 g/mol. The lowest BCUT2D eigenvalue weighted by Gasteiger charge is -2.41. The third-order valence-electron chi connectivity index (χ3n) is 7.71. The summed E-state index contributed by atoms with van der Waals surface area (Å²) >= 11 is 0. The number of piperidine rings is 1. The van der Waals surface area contributed by atoms with Gasteiger partial charge in [0, 0.05) is 25.2 Å². The van der Waals surface area contributed by atoms with Gasteiger partial charge in [0.25, 0.3) is 0 Å². The molecule has 2 amide bonds. The Labute approximate surface area is 187 Å². The minimum absolute atomic E-state index is 0.0544. The van der Waals surface area contributed by atoms with Crippen LogP contribution in [0.3, 0.4) is 0 Å². The van der Waals surface area contributed by atoms with Crippen molar-refractivity contribution < 1.29 is 14.0 Å². The van der Waals surface area contributed by atoms with Gasteiger partial charge in [-0.3, -0.25) is 14.5 Å². The van der Waals surface area contributed by atoms with Gasteiger partial charge in [0.05, 0.1) is 24.2 Å². The Kier molecular flexibility index (Phi) is 5.22. The lowest BCUT2D eigenvalue weighted by Crippen LogP contribution is -2.57. The number of halogens is 1. The summed E-state index contributed by atoms with van der Waals surface area (Å²) in [6, 6.07) is 7.39. The van der Waals surface area contributed by atoms with Gasteiger partial charge in [-0.05, 0) is 48.8 Å². The first-order valence-electron chi connectivity index (χ1n) is 11.6. The molecule has 2 bridgehead atoms. The first kappa shape index (κ1) is 21.4. The van der Waals surface area contributed by atoms with Crippen molar-refractivity contribution >= 4 is 11.8 Å². The molecule has 1 aromatic rings. The van der Waals surface area contributed by atoms with Gasteiger partial charge in [-0.15, -0.1) is 0 Å². The monoisotopic (exact) mass is 439 g/mol. The zero-order valence-corrected chi connectivity index (χ0v) is 18.5. The molecular formula is C24H30FN5O2. The number of carbonyl (C=O) groups excluding carboxylic acids is 2. The number of nitrogens with zero attached hydrogens (tertiary/aromatic N) is 4. The average Bonchev–Trinajstić information content (AvgIpc) is 3.10. The van der Waals surface area contributed by atoms with E-state index in [-0.39, 0.29) is 53.8 Å². The van der Waals surface area contributed by atoms with Gasteiger partial charge < -0.3 is 15.5 Å². The van der Waals surface area contributed by atoms with E-state index in [0.717, 1.165) is 24.8 Å². The Hall–Kier alpha value is -2.50. The van der Waals surface area contributed by atoms with Crippen LogP contribution in [0.2, 0.25) is 0 Å². The van der Waals surface area contributed by atoms with Crippen LogP contribution in [0.25, 0.3) is 0 Å². The molecule has 3 aliphatic heterocycles. The number of benzene rings is 1. The number of nitriles is 1. The van der Waals surface area contributed by atoms with E-state index >= 15 is 0 Å². The van der Waals surface area contributed by atoms with Crippen molar-refractivity contribution in [2.24, 2.45) is 17.6 Å². The molecule has 0 aromatic heterocycles. The molecule has 7 nitrogen and oxygen atoms in total. The molecule has 8 heteroatoms. The molecule has 1 saturated carbocycles. The maximum Gasteiger partial charge on any atom is 0.242 e. The van der Waals surface area contributed by atoms with Crippen molar-refractivity contribution in [3.63, 3.8) is 0 Å². The fourth-order valence-electron chi connectivity index (χ4n) is 6.19. The van der Waals surface area contributed by atoms with Gasteiger partial charge in [-0.2, -0.15) is 5.26 Å². The maximum atomic E-state index is 13.4. The number of amides is 2. The van der Waals surface area contributed by atoms with Crippen molar-refractivity contribution in [1.82, 2.24) is 14.7 Å². The van der Waals surface area contributed by atoms with Crippen LogP contribution in [0.1, 0.15) is 44.7 Å². The molecule has 2 N–H and O–H groups in total. The SMILES string of the molecule is CC(C)[C@@H](c1ccc(F)cc1)N1C(=O)[C@@H]2C[C@H]1CN2C[C@H](N)C(=O)N1C2C[C@H]2C[C@H]1C#N. The first-order chi connectivity index (χ1) is 15.3. The van der Waals surface area contributed by atoms with E-state index in [1.807, 2.05) is 9.80 Å². The molecule has 1 aromatic carbocycles. The van der Waals surface area contributed by atoms with E-state index in [2.05, 4.69) is 19.9 Å². The number of hydrogen-bond acceptors (Lipinski definition) is 5. The predicted molar refractivity (Wildman–Crippen MR) is 115 cm³/mol. The van der Waals surface area contributed by atoms with Gasteiger partial charge in [-0.1, -0.05) is 26.0 Å². The number of hydrogen-bond donors (Lipinski definition) is 1. The van der Waals surface area contributed by atoms with Gasteiger partial charge in [0.2, 0.25) is 11.8 Å². The standard InChI is InChI=1S/C24H30FN5O2/c1-13(2)22(14-3-5-16(25)6-4-14)30-18-9-21(24(30)32)28(11-18)12-19(27)23(31)29-17(10-26)7-15-8-20(15)29/h3-6,13,15,17-22H,7-9,11-12,27H2,1-2H3/t15-,17+,18+,19+,20?,21+,22+/m1/s1. The van der Waals surface area contributed by atoms with Crippen LogP contribution in [-0.2, 0) is 9.59 Å². The van der Waals surface area contributed by atoms with Crippen LogP contribution >= 0.6 is 0 Å². The Morgan fingerprint density at radius 1 is 1.25 bits per heavy atom. The molecule has 1 unspecified atom stereocenters. The molecular weight excluding hydrogens is 409 g/mol. The fraction of sp³-hybridized carbons (Fsp3) is 0.625. The van der Waals surface area contributed by atoms with E-state index in [0.29, 0.717) is 19.0 Å². The molecule has 3 heterocycles. The number of rotatable bonds is 6. The largest absolute Gasteiger partial charge is 0.330 e. The number of carbonyl (C=O) groups is 2. The second-order valence-electron chi connectivity index (χ2n) is 10.1. The first-order valence-corrected chi connectivity index (χ1v) is 11.6. The smallest absolute Gasteiger partial charge is 0.242 e. The topological polar surface area (TPSA) is 93.7 Å². The number of nitrogens with two attached hydrogens (primary N) is 1. The summed E-state index contributed by atoms with van der Waals surface area (Å²) < 4.78 is 13.4. The van der Waals surface area contributed by atoms with Crippen LogP contribution < -0.4 is 5.73 Å². The van der Waals surface area contributed by atoms with Crippen LogP contribution in [0.4, 0.5) is 4.39 Å². The van der Waals surface area contributed by atoms with E-state index in [9.17, 15) is 19.2 Å². The highest BCUT2D eigenvalue weighted by Crippen LogP contribution is 2.48. The van der Waals surface area contributed by atoms with Crippen molar-refractivity contribution in [3.8, 4) is 6.07 Å². The maximum absolute atomic E-state index is 13.4. The molecule has 5 rings (SSSR count). The molecule has 7 atom stereocenters. The summed E-state index contributed by atoms with van der Waals surface area (Å²) in [7, 11) is 0. The third-order valence-corrected chi connectivity index (χ3v) is 7.71. The van der Waals surface area contributed by atoms with Crippen LogP contribution in [0, 0.1) is 29.0 Å². The summed E-state index contributed by atoms with van der Waals surface area (Å²) in [5.74, 6) is 0.241. The number of fused-ring (bicyclic) bond motifs is 3. The Bertz CT molecular complexity index is 960. The molecule has 1 aliphatic carbocycles. The van der Waals surface area contributed by atoms with Crippen LogP contribution in [0.5, 0.6) is 0 Å². The Morgan fingerprint density at radius 3 is 2.59 bits per heavy atom. The summed E-state index contributed by atoms with van der Waals surface area (Å²) in [6.45, 7) is 5.16. The predicted octanol–water partition coefficient (Wildman–Crippen LogP) is 1.65. The van der Waals surface area contributed by atoms with Crippen molar-refractivity contribution in [2.75, 3.05) is 13.1 Å². The van der Waals surface area contributed by atoms with E-state index in [1.54, 1.807) is 17.0 Å². The van der Waals surface area contributed by atoms with Crippen LogP contribution in [-0.4, -0.2) is 69.8 Å². The normalized spacial score (nSPS) is 32.9.